The van der Waals surface area contributed by atoms with Crippen molar-refractivity contribution < 1.29 is 31.4 Å². The van der Waals surface area contributed by atoms with Gasteiger partial charge in [0.15, 0.2) is 0 Å². The number of hydrogen-bond donors (Lipinski definition) is 3. The molecule has 0 spiro atoms. The van der Waals surface area contributed by atoms with Crippen LogP contribution in [0.4, 0.5) is 26.3 Å². The van der Waals surface area contributed by atoms with Crippen LogP contribution in [0.1, 0.15) is 49.2 Å². The van der Waals surface area contributed by atoms with Crippen molar-refractivity contribution in [2.24, 2.45) is 0 Å². The number of hydrogen-bond acceptors (Lipinski definition) is 4. The minimum absolute atomic E-state index is 0.188. The van der Waals surface area contributed by atoms with E-state index in [4.69, 9.17) is 0 Å². The normalized spacial score (nSPS) is 17.9. The molecular weight excluding hydrogens is 400 g/mol. The van der Waals surface area contributed by atoms with Crippen molar-refractivity contribution in [1.82, 2.24) is 15.6 Å². The minimum Gasteiger partial charge on any atom is -0.374 e. The van der Waals surface area contributed by atoms with Gasteiger partial charge in [-0.1, -0.05) is 18.6 Å². The van der Waals surface area contributed by atoms with Crippen molar-refractivity contribution in [2.75, 3.05) is 6.54 Å². The fourth-order valence-electron chi connectivity index (χ4n) is 3.25. The first kappa shape index (κ1) is 21.8. The fourth-order valence-corrected chi connectivity index (χ4v) is 3.25. The van der Waals surface area contributed by atoms with E-state index in [1.165, 1.54) is 6.07 Å². The second-order valence-electron chi connectivity index (χ2n) is 7.30. The molecule has 1 aliphatic carbocycles. The van der Waals surface area contributed by atoms with Crippen molar-refractivity contribution in [3.05, 3.63) is 41.1 Å². The Hall–Kier alpha value is -1.91. The first-order valence-corrected chi connectivity index (χ1v) is 9.22. The van der Waals surface area contributed by atoms with Gasteiger partial charge in [0.25, 0.3) is 0 Å². The van der Waals surface area contributed by atoms with Crippen LogP contribution in [-0.4, -0.2) is 28.7 Å². The van der Waals surface area contributed by atoms with Gasteiger partial charge in [-0.2, -0.15) is 26.3 Å². The molecule has 29 heavy (non-hydrogen) atoms. The standard InChI is InChI=1S/C19H21F6N3O/c1-10(9-26-11-4-2-5-11)27-17(29)13-8-15(19(23,24)25)28-16-12(13)6-3-7-14(16)18(20,21)22/h3,6-8,10-11,17,26-27,29H,2,4-5,9H2,1H3. The summed E-state index contributed by atoms with van der Waals surface area (Å²) in [4.78, 5) is 3.22. The molecule has 3 N–H and O–H groups in total. The Morgan fingerprint density at radius 1 is 1.14 bits per heavy atom. The molecule has 1 aliphatic rings. The zero-order valence-corrected chi connectivity index (χ0v) is 15.5. The Morgan fingerprint density at radius 3 is 2.38 bits per heavy atom. The van der Waals surface area contributed by atoms with E-state index in [-0.39, 0.29) is 17.0 Å². The van der Waals surface area contributed by atoms with Crippen LogP contribution in [0.15, 0.2) is 24.3 Å². The summed E-state index contributed by atoms with van der Waals surface area (Å²) in [7, 11) is 0. The van der Waals surface area contributed by atoms with E-state index in [9.17, 15) is 31.4 Å². The van der Waals surface area contributed by atoms with Crippen molar-refractivity contribution in [2.45, 2.75) is 56.9 Å². The van der Waals surface area contributed by atoms with Crippen molar-refractivity contribution in [1.29, 1.82) is 0 Å². The summed E-state index contributed by atoms with van der Waals surface area (Å²) in [6.07, 6.45) is -8.22. The second kappa shape index (κ2) is 8.08. The number of fused-ring (bicyclic) bond motifs is 1. The van der Waals surface area contributed by atoms with Gasteiger partial charge >= 0.3 is 12.4 Å². The number of nitrogens with one attached hydrogen (secondary N) is 2. The lowest BCUT2D eigenvalue weighted by Gasteiger charge is -2.29. The Kier molecular flexibility index (Phi) is 6.07. The van der Waals surface area contributed by atoms with Crippen LogP contribution in [-0.2, 0) is 12.4 Å². The molecule has 1 heterocycles. The molecule has 2 unspecified atom stereocenters. The summed E-state index contributed by atoms with van der Waals surface area (Å²) in [6, 6.07) is 3.61. The van der Waals surface area contributed by atoms with E-state index in [0.29, 0.717) is 24.7 Å². The smallest absolute Gasteiger partial charge is 0.374 e. The maximum atomic E-state index is 13.3. The number of benzene rings is 1. The molecular formula is C19H21F6N3O. The summed E-state index contributed by atoms with van der Waals surface area (Å²) >= 11 is 0. The van der Waals surface area contributed by atoms with Crippen LogP contribution < -0.4 is 10.6 Å². The molecule has 1 aromatic carbocycles. The largest absolute Gasteiger partial charge is 0.433 e. The van der Waals surface area contributed by atoms with Crippen LogP contribution in [0.2, 0.25) is 0 Å². The van der Waals surface area contributed by atoms with E-state index in [1.807, 2.05) is 0 Å². The Bertz CT molecular complexity index is 863. The van der Waals surface area contributed by atoms with Crippen LogP contribution in [0.3, 0.4) is 0 Å². The average molecular weight is 421 g/mol. The van der Waals surface area contributed by atoms with E-state index < -0.39 is 35.4 Å². The number of pyridine rings is 1. The number of aromatic nitrogens is 1. The maximum Gasteiger partial charge on any atom is 0.433 e. The lowest BCUT2D eigenvalue weighted by Crippen LogP contribution is -2.44. The molecule has 0 aliphatic heterocycles. The highest BCUT2D eigenvalue weighted by molar-refractivity contribution is 5.86. The maximum absolute atomic E-state index is 13.3. The molecule has 0 radical (unpaired) electrons. The van der Waals surface area contributed by atoms with Gasteiger partial charge in [0, 0.05) is 29.6 Å². The Labute approximate surface area is 163 Å². The van der Waals surface area contributed by atoms with Gasteiger partial charge < -0.3 is 10.4 Å². The van der Waals surface area contributed by atoms with E-state index >= 15 is 0 Å². The molecule has 1 saturated carbocycles. The van der Waals surface area contributed by atoms with E-state index in [1.54, 1.807) is 6.92 Å². The number of para-hydroxylation sites is 1. The average Bonchev–Trinajstić information content (AvgIpc) is 2.57. The molecule has 10 heteroatoms. The highest BCUT2D eigenvalue weighted by Crippen LogP contribution is 2.38. The summed E-state index contributed by atoms with van der Waals surface area (Å²) in [5, 5.41) is 16.3. The fraction of sp³-hybridized carbons (Fsp3) is 0.526. The highest BCUT2D eigenvalue weighted by atomic mass is 19.4. The van der Waals surface area contributed by atoms with Crippen LogP contribution in [0.25, 0.3) is 10.9 Å². The van der Waals surface area contributed by atoms with Crippen molar-refractivity contribution >= 4 is 10.9 Å². The topological polar surface area (TPSA) is 57.2 Å². The Morgan fingerprint density at radius 2 is 1.83 bits per heavy atom. The number of nitrogens with zero attached hydrogens (tertiary/aromatic N) is 1. The predicted octanol–water partition coefficient (Wildman–Crippen LogP) is 4.38. The van der Waals surface area contributed by atoms with Gasteiger partial charge in [0.05, 0.1) is 11.1 Å². The molecule has 2 aromatic rings. The highest BCUT2D eigenvalue weighted by Gasteiger charge is 2.38. The van der Waals surface area contributed by atoms with Gasteiger partial charge in [-0.05, 0) is 31.9 Å². The molecule has 0 bridgehead atoms. The molecule has 2 atom stereocenters. The third kappa shape index (κ3) is 4.99. The molecule has 1 aromatic heterocycles. The lowest BCUT2D eigenvalue weighted by molar-refractivity contribution is -0.142. The van der Waals surface area contributed by atoms with Gasteiger partial charge in [0.1, 0.15) is 11.9 Å². The second-order valence-corrected chi connectivity index (χ2v) is 7.30. The molecule has 0 saturated heterocycles. The molecule has 0 amide bonds. The van der Waals surface area contributed by atoms with Gasteiger partial charge in [-0.15, -0.1) is 0 Å². The lowest BCUT2D eigenvalue weighted by atomic mass is 9.93. The van der Waals surface area contributed by atoms with E-state index in [0.717, 1.165) is 25.3 Å². The summed E-state index contributed by atoms with van der Waals surface area (Å²) in [5.74, 6) is 0. The molecule has 3 rings (SSSR count). The summed E-state index contributed by atoms with van der Waals surface area (Å²) in [6.45, 7) is 2.19. The van der Waals surface area contributed by atoms with E-state index in [2.05, 4.69) is 15.6 Å². The number of halogens is 6. The minimum atomic E-state index is -4.96. The van der Waals surface area contributed by atoms with Crippen LogP contribution in [0, 0.1) is 0 Å². The number of aliphatic hydroxyl groups excluding tert-OH is 1. The summed E-state index contributed by atoms with van der Waals surface area (Å²) in [5.41, 5.74) is -3.91. The number of rotatable bonds is 6. The third-order valence-corrected chi connectivity index (χ3v) is 5.02. The van der Waals surface area contributed by atoms with Gasteiger partial charge in [-0.25, -0.2) is 4.98 Å². The number of alkyl halides is 6. The van der Waals surface area contributed by atoms with Crippen molar-refractivity contribution in [3.8, 4) is 0 Å². The monoisotopic (exact) mass is 421 g/mol. The first-order valence-electron chi connectivity index (χ1n) is 9.22. The quantitative estimate of drug-likeness (QED) is 0.479. The predicted molar refractivity (Wildman–Crippen MR) is 94.9 cm³/mol. The molecule has 1 fully saturated rings. The van der Waals surface area contributed by atoms with Gasteiger partial charge in [0.2, 0.25) is 0 Å². The van der Waals surface area contributed by atoms with Crippen molar-refractivity contribution in [3.63, 3.8) is 0 Å². The summed E-state index contributed by atoms with van der Waals surface area (Å²) < 4.78 is 79.6. The van der Waals surface area contributed by atoms with Crippen LogP contribution >= 0.6 is 0 Å². The molecule has 4 nitrogen and oxygen atoms in total. The van der Waals surface area contributed by atoms with Crippen LogP contribution in [0.5, 0.6) is 0 Å². The number of aliphatic hydroxyl groups is 1. The molecule has 160 valence electrons. The Balaban J connectivity index is 1.96. The zero-order chi connectivity index (χ0) is 21.4. The third-order valence-electron chi connectivity index (χ3n) is 5.02. The SMILES string of the molecule is CC(CNC1CCC1)NC(O)c1cc(C(F)(F)F)nc2c(C(F)(F)F)cccc12. The first-order chi connectivity index (χ1) is 13.5. The zero-order valence-electron chi connectivity index (χ0n) is 15.5. The van der Waals surface area contributed by atoms with Gasteiger partial charge in [-0.3, -0.25) is 5.32 Å².